The number of hydrogen-bond acceptors (Lipinski definition) is 10. The van der Waals surface area contributed by atoms with E-state index < -0.39 is 69.4 Å². The smallest absolute Gasteiger partial charge is 0.294 e. The van der Waals surface area contributed by atoms with Crippen LogP contribution in [0.1, 0.15) is 44.5 Å². The summed E-state index contributed by atoms with van der Waals surface area (Å²) in [7, 11) is -13.2. The standard InChI is InChI=1S/C29H26O13S3/c1-42-29-21-6-16-4-2-3-15(26(16)30)5-17-9-23(43(33,34)35)10-18(27(17)31)7-19-11-24(44(36,37)38)12-20(28(19)32)8-22(29)14-25(13-21)45(39,40)41/h2-4,9-14,30-32H,5-8H2,1H3,(H,33,34,35)(H,36,37,38)(H,39,40,41). The van der Waals surface area contributed by atoms with E-state index in [1.165, 1.54) is 19.2 Å². The molecule has 0 unspecified atom stereocenters. The van der Waals surface area contributed by atoms with E-state index in [1.807, 2.05) is 0 Å². The first-order valence-corrected chi connectivity index (χ1v) is 17.3. The highest BCUT2D eigenvalue weighted by Gasteiger charge is 2.25. The third-order valence-electron chi connectivity index (χ3n) is 7.52. The first-order chi connectivity index (χ1) is 20.9. The second kappa shape index (κ2) is 11.3. The molecule has 0 fully saturated rings. The Morgan fingerprint density at radius 1 is 0.489 bits per heavy atom. The van der Waals surface area contributed by atoms with Crippen molar-refractivity contribution < 1.29 is 59.0 Å². The van der Waals surface area contributed by atoms with Crippen LogP contribution in [-0.2, 0) is 56.0 Å². The number of phenols is 3. The maximum absolute atomic E-state index is 12.3. The molecule has 0 aliphatic heterocycles. The molecule has 16 heteroatoms. The van der Waals surface area contributed by atoms with Crippen LogP contribution in [0.15, 0.2) is 69.3 Å². The molecule has 8 bridgehead atoms. The van der Waals surface area contributed by atoms with Crippen LogP contribution in [0.4, 0.5) is 0 Å². The first-order valence-electron chi connectivity index (χ1n) is 13.0. The lowest BCUT2D eigenvalue weighted by Gasteiger charge is -2.20. The Morgan fingerprint density at radius 3 is 1.09 bits per heavy atom. The molecular weight excluding hydrogens is 653 g/mol. The number of hydrogen-bond donors (Lipinski definition) is 6. The molecule has 6 N–H and O–H groups in total. The fraction of sp³-hybridized carbons (Fsp3) is 0.172. The first kappa shape index (κ1) is 32.2. The molecule has 238 valence electrons. The summed E-state index contributed by atoms with van der Waals surface area (Å²) in [6.45, 7) is 0. The monoisotopic (exact) mass is 678 g/mol. The van der Waals surface area contributed by atoms with Gasteiger partial charge in [-0.15, -0.1) is 0 Å². The molecule has 0 aromatic heterocycles. The fourth-order valence-electron chi connectivity index (χ4n) is 5.44. The van der Waals surface area contributed by atoms with Crippen molar-refractivity contribution in [2.45, 2.75) is 40.4 Å². The van der Waals surface area contributed by atoms with E-state index >= 15 is 0 Å². The molecule has 0 saturated heterocycles. The lowest BCUT2D eigenvalue weighted by molar-refractivity contribution is 0.404. The Morgan fingerprint density at radius 2 is 0.756 bits per heavy atom. The van der Waals surface area contributed by atoms with Crippen molar-refractivity contribution in [3.8, 4) is 23.0 Å². The Labute approximate surface area is 258 Å². The van der Waals surface area contributed by atoms with Crippen molar-refractivity contribution in [1.29, 1.82) is 0 Å². The van der Waals surface area contributed by atoms with Gasteiger partial charge in [-0.2, -0.15) is 25.3 Å². The summed E-state index contributed by atoms with van der Waals surface area (Å²) in [6, 6.07) is 10.5. The highest BCUT2D eigenvalue weighted by atomic mass is 32.2. The van der Waals surface area contributed by atoms with Crippen molar-refractivity contribution in [2.24, 2.45) is 0 Å². The van der Waals surface area contributed by atoms with E-state index in [1.54, 1.807) is 6.07 Å². The minimum Gasteiger partial charge on any atom is -0.507 e. The predicted octanol–water partition coefficient (Wildman–Crippen LogP) is 3.23. The summed E-state index contributed by atoms with van der Waals surface area (Å²) in [6.07, 6.45) is -1.35. The third-order valence-corrected chi connectivity index (χ3v) is 10.0. The summed E-state index contributed by atoms with van der Waals surface area (Å²) in [5, 5.41) is 33.7. The number of para-hydroxylation sites is 1. The van der Waals surface area contributed by atoms with E-state index in [-0.39, 0.29) is 68.8 Å². The van der Waals surface area contributed by atoms with Crippen LogP contribution in [0.25, 0.3) is 0 Å². The maximum Gasteiger partial charge on any atom is 0.294 e. The van der Waals surface area contributed by atoms with Gasteiger partial charge in [-0.25, -0.2) is 0 Å². The van der Waals surface area contributed by atoms with Crippen molar-refractivity contribution in [2.75, 3.05) is 7.11 Å². The maximum atomic E-state index is 12.3. The molecule has 5 rings (SSSR count). The zero-order chi connectivity index (χ0) is 33.1. The van der Waals surface area contributed by atoms with Crippen molar-refractivity contribution in [3.63, 3.8) is 0 Å². The van der Waals surface area contributed by atoms with Gasteiger partial charge in [0.25, 0.3) is 30.4 Å². The Bertz CT molecular complexity index is 2210. The van der Waals surface area contributed by atoms with Crippen LogP contribution in [0, 0.1) is 0 Å². The summed E-state index contributed by atoms with van der Waals surface area (Å²) in [5.74, 6) is -1.19. The van der Waals surface area contributed by atoms with Gasteiger partial charge in [0.15, 0.2) is 0 Å². The quantitative estimate of drug-likeness (QED) is 0.150. The van der Waals surface area contributed by atoms with Gasteiger partial charge >= 0.3 is 0 Å². The summed E-state index contributed by atoms with van der Waals surface area (Å²) in [5.41, 5.74) is 0.125. The number of fused-ring (bicyclic) bond motifs is 8. The minimum absolute atomic E-state index is 0.0569. The number of methoxy groups -OCH3 is 1. The van der Waals surface area contributed by atoms with Gasteiger partial charge in [-0.3, -0.25) is 13.7 Å². The normalized spacial score (nSPS) is 13.8. The number of benzene rings is 4. The Hall–Kier alpha value is -4.19. The van der Waals surface area contributed by atoms with Crippen molar-refractivity contribution in [1.82, 2.24) is 0 Å². The van der Waals surface area contributed by atoms with E-state index in [2.05, 4.69) is 0 Å². The van der Waals surface area contributed by atoms with Gasteiger partial charge in [0.05, 0.1) is 21.8 Å². The van der Waals surface area contributed by atoms with Crippen LogP contribution in [-0.4, -0.2) is 61.3 Å². The van der Waals surface area contributed by atoms with Crippen LogP contribution in [0.3, 0.4) is 0 Å². The number of ether oxygens (including phenoxy) is 1. The molecule has 0 atom stereocenters. The van der Waals surface area contributed by atoms with Crippen LogP contribution >= 0.6 is 0 Å². The van der Waals surface area contributed by atoms with Crippen LogP contribution in [0.5, 0.6) is 23.0 Å². The molecule has 4 aromatic carbocycles. The molecule has 0 heterocycles. The average Bonchev–Trinajstić information content (AvgIpc) is 2.92. The van der Waals surface area contributed by atoms with Gasteiger partial charge in [0.1, 0.15) is 23.0 Å². The lowest BCUT2D eigenvalue weighted by Crippen LogP contribution is -2.08. The zero-order valence-electron chi connectivity index (χ0n) is 23.3. The molecule has 45 heavy (non-hydrogen) atoms. The zero-order valence-corrected chi connectivity index (χ0v) is 25.7. The fourth-order valence-corrected chi connectivity index (χ4v) is 7.19. The summed E-state index contributed by atoms with van der Waals surface area (Å²) < 4.78 is 109. The van der Waals surface area contributed by atoms with E-state index in [0.717, 1.165) is 36.4 Å². The highest BCUT2D eigenvalue weighted by Crippen LogP contribution is 2.40. The largest absolute Gasteiger partial charge is 0.507 e. The second-order valence-corrected chi connectivity index (χ2v) is 14.8. The Balaban J connectivity index is 1.89. The van der Waals surface area contributed by atoms with Gasteiger partial charge in [0, 0.05) is 59.1 Å². The van der Waals surface area contributed by atoms with Crippen molar-refractivity contribution >= 4 is 30.4 Å². The molecule has 1 aliphatic carbocycles. The lowest BCUT2D eigenvalue weighted by atomic mass is 9.91. The molecule has 4 aromatic rings. The van der Waals surface area contributed by atoms with Crippen molar-refractivity contribution in [3.05, 3.63) is 99.1 Å². The van der Waals surface area contributed by atoms with E-state index in [9.17, 15) is 54.2 Å². The summed E-state index contributed by atoms with van der Waals surface area (Å²) >= 11 is 0. The molecule has 0 spiro atoms. The topological polar surface area (TPSA) is 233 Å². The molecular formula is C29H26O13S3. The van der Waals surface area contributed by atoms with E-state index in [0.29, 0.717) is 0 Å². The summed E-state index contributed by atoms with van der Waals surface area (Å²) in [4.78, 5) is -1.85. The third kappa shape index (κ3) is 6.47. The van der Waals surface area contributed by atoms with Gasteiger partial charge in [-0.1, -0.05) is 18.2 Å². The highest BCUT2D eigenvalue weighted by molar-refractivity contribution is 7.86. The van der Waals surface area contributed by atoms with Crippen LogP contribution < -0.4 is 4.74 Å². The van der Waals surface area contributed by atoms with Gasteiger partial charge < -0.3 is 20.1 Å². The minimum atomic E-state index is -4.90. The number of aromatic hydroxyl groups is 3. The molecule has 0 amide bonds. The molecule has 1 aliphatic rings. The average molecular weight is 679 g/mol. The predicted molar refractivity (Wildman–Crippen MR) is 158 cm³/mol. The van der Waals surface area contributed by atoms with Gasteiger partial charge in [0.2, 0.25) is 0 Å². The molecule has 0 radical (unpaired) electrons. The number of rotatable bonds is 4. The molecule has 13 nitrogen and oxygen atoms in total. The second-order valence-electron chi connectivity index (χ2n) is 10.5. The molecule has 0 saturated carbocycles. The number of phenolic OH excluding ortho intramolecular Hbond substituents is 3. The van der Waals surface area contributed by atoms with Crippen LogP contribution in [0.2, 0.25) is 0 Å². The van der Waals surface area contributed by atoms with Gasteiger partial charge in [-0.05, 0) is 47.5 Å². The SMILES string of the molecule is COc1c2cc(S(=O)(=O)O)cc1Cc1cc(S(=O)(=O)O)cc(c1O)Cc1cc(S(=O)(=O)O)cc(c1O)Cc1cccc(c1O)C2. The Kier molecular flexibility index (Phi) is 8.10. The van der Waals surface area contributed by atoms with E-state index in [4.69, 9.17) is 4.74 Å².